The second-order valence-electron chi connectivity index (χ2n) is 4.87. The normalized spacial score (nSPS) is 12.4. The van der Waals surface area contributed by atoms with Crippen LogP contribution in [-0.4, -0.2) is 19.2 Å². The van der Waals surface area contributed by atoms with Crippen molar-refractivity contribution in [3.05, 3.63) is 29.3 Å². The zero-order valence-electron chi connectivity index (χ0n) is 12.1. The molecule has 3 heteroatoms. The molecule has 0 aliphatic carbocycles. The Balaban J connectivity index is 2.32. The number of hydrogen-bond donors (Lipinski definition) is 1. The van der Waals surface area contributed by atoms with Crippen LogP contribution >= 0.6 is 11.6 Å². The second kappa shape index (κ2) is 10.1. The van der Waals surface area contributed by atoms with E-state index < -0.39 is 0 Å². The van der Waals surface area contributed by atoms with Crippen molar-refractivity contribution in [3.8, 4) is 5.75 Å². The Labute approximate surface area is 122 Å². The van der Waals surface area contributed by atoms with Gasteiger partial charge in [-0.15, -0.1) is 0 Å². The van der Waals surface area contributed by atoms with Gasteiger partial charge in [-0.1, -0.05) is 57.2 Å². The quantitative estimate of drug-likeness (QED) is 0.630. The molecule has 108 valence electrons. The summed E-state index contributed by atoms with van der Waals surface area (Å²) in [5.74, 6) is 0.851. The first-order valence-electron chi connectivity index (χ1n) is 7.38. The third kappa shape index (κ3) is 7.44. The van der Waals surface area contributed by atoms with Gasteiger partial charge in [-0.3, -0.25) is 0 Å². The molecule has 1 aromatic rings. The first kappa shape index (κ1) is 16.3. The molecule has 1 rings (SSSR count). The first-order valence-corrected chi connectivity index (χ1v) is 7.75. The number of halogens is 1. The molecule has 0 aliphatic rings. The Morgan fingerprint density at radius 2 is 2.05 bits per heavy atom. The first-order chi connectivity index (χ1) is 9.26. The van der Waals surface area contributed by atoms with Crippen LogP contribution in [0.25, 0.3) is 0 Å². The highest BCUT2D eigenvalue weighted by Crippen LogP contribution is 2.17. The fraction of sp³-hybridized carbons (Fsp3) is 0.625. The lowest BCUT2D eigenvalue weighted by molar-refractivity contribution is 0.255. The molecular formula is C16H26ClNO. The third-order valence-corrected chi connectivity index (χ3v) is 3.38. The zero-order chi connectivity index (χ0) is 13.9. The molecule has 0 fully saturated rings. The lowest BCUT2D eigenvalue weighted by Crippen LogP contribution is -2.34. The number of rotatable bonds is 10. The van der Waals surface area contributed by atoms with Gasteiger partial charge in [-0.05, 0) is 31.2 Å². The van der Waals surface area contributed by atoms with Crippen molar-refractivity contribution in [1.29, 1.82) is 0 Å². The van der Waals surface area contributed by atoms with E-state index in [0.717, 1.165) is 17.3 Å². The van der Waals surface area contributed by atoms with Gasteiger partial charge < -0.3 is 10.1 Å². The largest absolute Gasteiger partial charge is 0.492 e. The summed E-state index contributed by atoms with van der Waals surface area (Å²) in [7, 11) is 0. The van der Waals surface area contributed by atoms with E-state index in [1.54, 1.807) is 0 Å². The number of nitrogens with one attached hydrogen (secondary N) is 1. The molecule has 1 N–H and O–H groups in total. The highest BCUT2D eigenvalue weighted by atomic mass is 35.5. The molecule has 0 aromatic heterocycles. The summed E-state index contributed by atoms with van der Waals surface area (Å²) in [6.45, 7) is 6.07. The van der Waals surface area contributed by atoms with Gasteiger partial charge in [-0.25, -0.2) is 0 Å². The van der Waals surface area contributed by atoms with E-state index in [2.05, 4.69) is 19.2 Å². The molecule has 1 atom stereocenters. The molecule has 2 nitrogen and oxygen atoms in total. The summed E-state index contributed by atoms with van der Waals surface area (Å²) in [4.78, 5) is 0. The molecule has 0 amide bonds. The maximum absolute atomic E-state index is 5.94. The van der Waals surface area contributed by atoms with Crippen molar-refractivity contribution >= 4 is 11.6 Å². The van der Waals surface area contributed by atoms with Crippen LogP contribution in [-0.2, 0) is 0 Å². The monoisotopic (exact) mass is 283 g/mol. The van der Waals surface area contributed by atoms with Gasteiger partial charge in [0.1, 0.15) is 12.4 Å². The molecular weight excluding hydrogens is 258 g/mol. The van der Waals surface area contributed by atoms with Crippen LogP contribution in [0.4, 0.5) is 0 Å². The minimum atomic E-state index is 0.431. The van der Waals surface area contributed by atoms with Gasteiger partial charge in [0.25, 0.3) is 0 Å². The zero-order valence-corrected chi connectivity index (χ0v) is 12.9. The maximum atomic E-state index is 5.94. The average molecular weight is 284 g/mol. The van der Waals surface area contributed by atoms with Crippen LogP contribution in [0.2, 0.25) is 5.02 Å². The minimum absolute atomic E-state index is 0.431. The van der Waals surface area contributed by atoms with Gasteiger partial charge in [0.05, 0.1) is 0 Å². The molecule has 0 spiro atoms. The highest BCUT2D eigenvalue weighted by molar-refractivity contribution is 6.30. The molecule has 0 saturated carbocycles. The van der Waals surface area contributed by atoms with Crippen LogP contribution in [0, 0.1) is 0 Å². The number of likely N-dealkylation sites (N-methyl/N-ethyl adjacent to an activating group) is 1. The molecule has 19 heavy (non-hydrogen) atoms. The molecule has 0 aliphatic heterocycles. The van der Waals surface area contributed by atoms with Gasteiger partial charge in [0.2, 0.25) is 0 Å². The Kier molecular flexibility index (Phi) is 8.68. The van der Waals surface area contributed by atoms with Gasteiger partial charge in [0, 0.05) is 11.1 Å². The summed E-state index contributed by atoms with van der Waals surface area (Å²) in [6, 6.07) is 8.02. The van der Waals surface area contributed by atoms with Crippen molar-refractivity contribution in [1.82, 2.24) is 5.32 Å². The Bertz CT molecular complexity index is 343. The molecule has 0 saturated heterocycles. The fourth-order valence-electron chi connectivity index (χ4n) is 2.10. The molecule has 0 radical (unpaired) electrons. The van der Waals surface area contributed by atoms with E-state index in [0.29, 0.717) is 12.6 Å². The van der Waals surface area contributed by atoms with Crippen molar-refractivity contribution in [2.75, 3.05) is 13.2 Å². The lowest BCUT2D eigenvalue weighted by Gasteiger charge is -2.18. The molecule has 0 heterocycles. The Morgan fingerprint density at radius 3 is 2.74 bits per heavy atom. The van der Waals surface area contributed by atoms with Crippen molar-refractivity contribution in [2.24, 2.45) is 0 Å². The van der Waals surface area contributed by atoms with Crippen LogP contribution < -0.4 is 10.1 Å². The number of benzene rings is 1. The lowest BCUT2D eigenvalue weighted by atomic mass is 10.1. The van der Waals surface area contributed by atoms with E-state index >= 15 is 0 Å². The van der Waals surface area contributed by atoms with Crippen molar-refractivity contribution in [2.45, 2.75) is 52.0 Å². The number of ether oxygens (including phenoxy) is 1. The van der Waals surface area contributed by atoms with Gasteiger partial charge in [-0.2, -0.15) is 0 Å². The highest BCUT2D eigenvalue weighted by Gasteiger charge is 2.08. The summed E-state index contributed by atoms with van der Waals surface area (Å²) < 4.78 is 5.81. The van der Waals surface area contributed by atoms with Gasteiger partial charge in [0.15, 0.2) is 0 Å². The standard InChI is InChI=1S/C16H26ClNO/c1-3-5-6-7-10-15(18-4-2)13-19-16-11-8-9-14(17)12-16/h8-9,11-12,15,18H,3-7,10,13H2,1-2H3. The van der Waals surface area contributed by atoms with E-state index in [-0.39, 0.29) is 0 Å². The summed E-state index contributed by atoms with van der Waals surface area (Å²) in [5, 5.41) is 4.21. The Morgan fingerprint density at radius 1 is 1.21 bits per heavy atom. The van der Waals surface area contributed by atoms with E-state index in [1.165, 1.54) is 32.1 Å². The minimum Gasteiger partial charge on any atom is -0.492 e. The Hall–Kier alpha value is -0.730. The van der Waals surface area contributed by atoms with E-state index in [4.69, 9.17) is 16.3 Å². The molecule has 0 bridgehead atoms. The average Bonchev–Trinajstić information content (AvgIpc) is 2.41. The van der Waals surface area contributed by atoms with Crippen LogP contribution in [0.5, 0.6) is 5.75 Å². The van der Waals surface area contributed by atoms with Crippen LogP contribution in [0.3, 0.4) is 0 Å². The van der Waals surface area contributed by atoms with Crippen LogP contribution in [0.15, 0.2) is 24.3 Å². The topological polar surface area (TPSA) is 21.3 Å². The van der Waals surface area contributed by atoms with Crippen molar-refractivity contribution < 1.29 is 4.74 Å². The number of hydrogen-bond acceptors (Lipinski definition) is 2. The number of unbranched alkanes of at least 4 members (excludes halogenated alkanes) is 3. The van der Waals surface area contributed by atoms with E-state index in [1.807, 2.05) is 24.3 Å². The van der Waals surface area contributed by atoms with E-state index in [9.17, 15) is 0 Å². The molecule has 1 aromatic carbocycles. The third-order valence-electron chi connectivity index (χ3n) is 3.15. The summed E-state index contributed by atoms with van der Waals surface area (Å²) >= 11 is 5.94. The van der Waals surface area contributed by atoms with Crippen LogP contribution in [0.1, 0.15) is 46.0 Å². The SMILES string of the molecule is CCCCCCC(COc1cccc(Cl)c1)NCC. The molecule has 1 unspecified atom stereocenters. The summed E-state index contributed by atoms with van der Waals surface area (Å²) in [5.41, 5.74) is 0. The van der Waals surface area contributed by atoms with Crippen molar-refractivity contribution in [3.63, 3.8) is 0 Å². The van der Waals surface area contributed by atoms with Gasteiger partial charge >= 0.3 is 0 Å². The predicted molar refractivity (Wildman–Crippen MR) is 83.2 cm³/mol. The maximum Gasteiger partial charge on any atom is 0.120 e. The second-order valence-corrected chi connectivity index (χ2v) is 5.31. The fourth-order valence-corrected chi connectivity index (χ4v) is 2.28. The predicted octanol–water partition coefficient (Wildman–Crippen LogP) is 4.67. The summed E-state index contributed by atoms with van der Waals surface area (Å²) in [6.07, 6.45) is 6.37. The smallest absolute Gasteiger partial charge is 0.120 e.